The van der Waals surface area contributed by atoms with Crippen LogP contribution in [-0.2, 0) is 11.3 Å². The zero-order chi connectivity index (χ0) is 20.8. The van der Waals surface area contributed by atoms with Gasteiger partial charge in [-0.1, -0.05) is 42.5 Å². The normalized spacial score (nSPS) is 13.8. The van der Waals surface area contributed by atoms with Crippen LogP contribution in [0.5, 0.6) is 5.75 Å². The van der Waals surface area contributed by atoms with E-state index >= 15 is 0 Å². The van der Waals surface area contributed by atoms with Gasteiger partial charge in [-0.3, -0.25) is 4.79 Å². The van der Waals surface area contributed by atoms with E-state index in [4.69, 9.17) is 9.47 Å². The monoisotopic (exact) mass is 422 g/mol. The number of hydrogen-bond acceptors (Lipinski definition) is 5. The summed E-state index contributed by atoms with van der Waals surface area (Å²) in [5, 5.41) is 4.18. The summed E-state index contributed by atoms with van der Waals surface area (Å²) in [7, 11) is 0. The van der Waals surface area contributed by atoms with Crippen molar-refractivity contribution < 1.29 is 14.3 Å². The van der Waals surface area contributed by atoms with Gasteiger partial charge in [0.05, 0.1) is 29.7 Å². The summed E-state index contributed by atoms with van der Waals surface area (Å²) >= 11 is 1.55. The number of hydrogen-bond donors (Lipinski definition) is 1. The first-order valence-corrected chi connectivity index (χ1v) is 11.1. The first-order valence-electron chi connectivity index (χ1n) is 10.3. The summed E-state index contributed by atoms with van der Waals surface area (Å²) in [6, 6.07) is 20.1. The summed E-state index contributed by atoms with van der Waals surface area (Å²) in [5.74, 6) is 0.764. The zero-order valence-electron chi connectivity index (χ0n) is 17.1. The molecule has 2 heterocycles. The number of carbonyl (C=O) groups is 1. The van der Waals surface area contributed by atoms with E-state index in [1.165, 1.54) is 0 Å². The number of anilines is 1. The number of morpholine rings is 1. The summed E-state index contributed by atoms with van der Waals surface area (Å²) in [5.41, 5.74) is 3.24. The lowest BCUT2D eigenvalue weighted by molar-refractivity contribution is 0.0955. The predicted octanol–water partition coefficient (Wildman–Crippen LogP) is 4.58. The third-order valence-electron chi connectivity index (χ3n) is 4.98. The highest BCUT2D eigenvalue weighted by Crippen LogP contribution is 2.39. The molecule has 0 aliphatic carbocycles. The van der Waals surface area contributed by atoms with Crippen molar-refractivity contribution in [1.82, 2.24) is 5.32 Å². The van der Waals surface area contributed by atoms with Gasteiger partial charge in [-0.25, -0.2) is 0 Å². The summed E-state index contributed by atoms with van der Waals surface area (Å²) in [6.45, 7) is 6.15. The van der Waals surface area contributed by atoms with Gasteiger partial charge in [-0.15, -0.1) is 11.3 Å². The van der Waals surface area contributed by atoms with Crippen LogP contribution in [0.15, 0.2) is 60.7 Å². The van der Waals surface area contributed by atoms with Gasteiger partial charge in [0, 0.05) is 25.2 Å². The van der Waals surface area contributed by atoms with Crippen molar-refractivity contribution in [2.75, 3.05) is 37.8 Å². The van der Waals surface area contributed by atoms with Crippen LogP contribution in [0, 0.1) is 0 Å². The van der Waals surface area contributed by atoms with Crippen molar-refractivity contribution in [1.29, 1.82) is 0 Å². The second-order valence-electron chi connectivity index (χ2n) is 7.06. The Morgan fingerprint density at radius 1 is 1.10 bits per heavy atom. The molecule has 1 aromatic heterocycles. The van der Waals surface area contributed by atoms with E-state index in [9.17, 15) is 4.79 Å². The number of benzene rings is 2. The van der Waals surface area contributed by atoms with Crippen LogP contribution >= 0.6 is 11.3 Å². The van der Waals surface area contributed by atoms with Gasteiger partial charge in [0.2, 0.25) is 0 Å². The molecule has 0 bridgehead atoms. The van der Waals surface area contributed by atoms with Crippen molar-refractivity contribution in [2.45, 2.75) is 13.5 Å². The maximum Gasteiger partial charge on any atom is 0.261 e. The summed E-state index contributed by atoms with van der Waals surface area (Å²) < 4.78 is 11.1. The van der Waals surface area contributed by atoms with Gasteiger partial charge in [-0.2, -0.15) is 0 Å². The SMILES string of the molecule is CCOc1cccc(CNC(=O)c2cc(-c3ccccc3)c(N3CCOCC3)s2)c1. The van der Waals surface area contributed by atoms with Crippen LogP contribution in [0.3, 0.4) is 0 Å². The first kappa shape index (κ1) is 20.4. The molecule has 1 saturated heterocycles. The first-order chi connectivity index (χ1) is 14.7. The van der Waals surface area contributed by atoms with Crippen LogP contribution in [0.2, 0.25) is 0 Å². The second-order valence-corrected chi connectivity index (χ2v) is 8.09. The van der Waals surface area contributed by atoms with E-state index in [-0.39, 0.29) is 5.91 Å². The van der Waals surface area contributed by atoms with E-state index in [0.29, 0.717) is 26.4 Å². The largest absolute Gasteiger partial charge is 0.494 e. The average Bonchev–Trinajstić information content (AvgIpc) is 3.25. The minimum Gasteiger partial charge on any atom is -0.494 e. The number of ether oxygens (including phenoxy) is 2. The number of carbonyl (C=O) groups excluding carboxylic acids is 1. The molecule has 156 valence electrons. The van der Waals surface area contributed by atoms with E-state index in [1.54, 1.807) is 11.3 Å². The van der Waals surface area contributed by atoms with Gasteiger partial charge in [0.25, 0.3) is 5.91 Å². The van der Waals surface area contributed by atoms with Gasteiger partial charge in [0.15, 0.2) is 0 Å². The van der Waals surface area contributed by atoms with Gasteiger partial charge in [-0.05, 0) is 36.2 Å². The molecule has 1 aliphatic rings. The maximum atomic E-state index is 12.9. The number of rotatable bonds is 7. The van der Waals surface area contributed by atoms with Gasteiger partial charge in [0.1, 0.15) is 5.75 Å². The van der Waals surface area contributed by atoms with Crippen molar-refractivity contribution in [2.24, 2.45) is 0 Å². The molecule has 2 aromatic carbocycles. The highest BCUT2D eigenvalue weighted by atomic mass is 32.1. The Labute approximate surface area is 181 Å². The standard InChI is InChI=1S/C24H26N2O3S/c1-2-29-20-10-6-7-18(15-20)17-25-23(27)22-16-21(19-8-4-3-5-9-19)24(30-22)26-11-13-28-14-12-26/h3-10,15-16H,2,11-14,17H2,1H3,(H,25,27). The van der Waals surface area contributed by atoms with Crippen LogP contribution in [-0.4, -0.2) is 38.8 Å². The van der Waals surface area contributed by atoms with Gasteiger partial charge >= 0.3 is 0 Å². The molecular weight excluding hydrogens is 396 g/mol. The number of nitrogens with zero attached hydrogens (tertiary/aromatic N) is 1. The van der Waals surface area contributed by atoms with Crippen molar-refractivity contribution >= 4 is 22.2 Å². The fraction of sp³-hybridized carbons (Fsp3) is 0.292. The second kappa shape index (κ2) is 9.78. The molecule has 0 unspecified atom stereocenters. The summed E-state index contributed by atoms with van der Waals surface area (Å²) in [6.07, 6.45) is 0. The van der Waals surface area contributed by atoms with E-state index in [0.717, 1.165) is 45.4 Å². The maximum absolute atomic E-state index is 12.9. The summed E-state index contributed by atoms with van der Waals surface area (Å²) in [4.78, 5) is 16.0. The Balaban J connectivity index is 1.54. The number of thiophene rings is 1. The highest BCUT2D eigenvalue weighted by molar-refractivity contribution is 7.18. The third-order valence-corrected chi connectivity index (χ3v) is 6.18. The van der Waals surface area contributed by atoms with E-state index < -0.39 is 0 Å². The Kier molecular flexibility index (Phi) is 6.67. The quantitative estimate of drug-likeness (QED) is 0.606. The lowest BCUT2D eigenvalue weighted by atomic mass is 10.1. The van der Waals surface area contributed by atoms with E-state index in [1.807, 2.05) is 55.5 Å². The lowest BCUT2D eigenvalue weighted by Crippen LogP contribution is -2.35. The van der Waals surface area contributed by atoms with Crippen molar-refractivity contribution in [3.05, 3.63) is 71.1 Å². The number of nitrogens with one attached hydrogen (secondary N) is 1. The number of amides is 1. The smallest absolute Gasteiger partial charge is 0.261 e. The van der Waals surface area contributed by atoms with Crippen LogP contribution in [0.4, 0.5) is 5.00 Å². The molecule has 1 fully saturated rings. The average molecular weight is 423 g/mol. The minimum atomic E-state index is -0.0569. The Hall–Kier alpha value is -2.83. The molecule has 0 spiro atoms. The molecule has 4 rings (SSSR count). The molecule has 0 saturated carbocycles. The predicted molar refractivity (Wildman–Crippen MR) is 122 cm³/mol. The topological polar surface area (TPSA) is 50.8 Å². The molecule has 0 radical (unpaired) electrons. The Morgan fingerprint density at radius 3 is 2.67 bits per heavy atom. The molecule has 1 amide bonds. The third kappa shape index (κ3) is 4.83. The zero-order valence-corrected chi connectivity index (χ0v) is 17.9. The molecule has 1 aliphatic heterocycles. The fourth-order valence-corrected chi connectivity index (χ4v) is 4.65. The Morgan fingerprint density at radius 2 is 1.90 bits per heavy atom. The fourth-order valence-electron chi connectivity index (χ4n) is 3.50. The Bertz CT molecular complexity index is 981. The molecule has 5 nitrogen and oxygen atoms in total. The molecule has 30 heavy (non-hydrogen) atoms. The van der Waals surface area contributed by atoms with Crippen LogP contribution in [0.25, 0.3) is 11.1 Å². The highest BCUT2D eigenvalue weighted by Gasteiger charge is 2.21. The molecule has 1 N–H and O–H groups in total. The van der Waals surface area contributed by atoms with Crippen LogP contribution < -0.4 is 15.0 Å². The van der Waals surface area contributed by atoms with Gasteiger partial charge < -0.3 is 19.7 Å². The minimum absolute atomic E-state index is 0.0569. The lowest BCUT2D eigenvalue weighted by Gasteiger charge is -2.28. The molecule has 6 heteroatoms. The molecular formula is C24H26N2O3S. The molecule has 3 aromatic rings. The van der Waals surface area contributed by atoms with Crippen molar-refractivity contribution in [3.8, 4) is 16.9 Å². The van der Waals surface area contributed by atoms with Crippen LogP contribution in [0.1, 0.15) is 22.2 Å². The molecule has 0 atom stereocenters. The van der Waals surface area contributed by atoms with E-state index in [2.05, 4.69) is 22.3 Å². The van der Waals surface area contributed by atoms with Crippen molar-refractivity contribution in [3.63, 3.8) is 0 Å².